The number of urea groups is 1. The van der Waals surface area contributed by atoms with Gasteiger partial charge in [0.25, 0.3) is 0 Å². The molecule has 0 saturated heterocycles. The van der Waals surface area contributed by atoms with Gasteiger partial charge >= 0.3 is 16.1 Å². The average molecular weight is 403 g/mol. The molecular weight excluding hydrogens is 388 g/mol. The first-order valence-electron chi connectivity index (χ1n) is 7.85. The Bertz CT molecular complexity index is 1020. The molecule has 0 unspecified atom stereocenters. The molecular formula is C19H15ClN2O4S. The second-order valence-electron chi connectivity index (χ2n) is 5.46. The summed E-state index contributed by atoms with van der Waals surface area (Å²) in [6.07, 6.45) is 0. The fourth-order valence-corrected chi connectivity index (χ4v) is 3.24. The van der Waals surface area contributed by atoms with Gasteiger partial charge in [-0.2, -0.15) is 8.42 Å². The molecule has 3 aromatic rings. The Hall–Kier alpha value is -3.03. The minimum atomic E-state index is -3.97. The maximum atomic E-state index is 12.2. The van der Waals surface area contributed by atoms with Crippen molar-refractivity contribution in [2.24, 2.45) is 0 Å². The summed E-state index contributed by atoms with van der Waals surface area (Å²) in [6.45, 7) is 0. The van der Waals surface area contributed by atoms with Crippen LogP contribution in [-0.4, -0.2) is 14.4 Å². The van der Waals surface area contributed by atoms with Crippen molar-refractivity contribution in [1.82, 2.24) is 0 Å². The Labute approximate surface area is 161 Å². The van der Waals surface area contributed by atoms with Gasteiger partial charge in [-0.1, -0.05) is 29.8 Å². The van der Waals surface area contributed by atoms with E-state index in [1.165, 1.54) is 48.5 Å². The van der Waals surface area contributed by atoms with Crippen LogP contribution in [0.1, 0.15) is 0 Å². The van der Waals surface area contributed by atoms with Crippen LogP contribution in [0.5, 0.6) is 5.75 Å². The summed E-state index contributed by atoms with van der Waals surface area (Å²) in [5.41, 5.74) is 1.14. The molecule has 0 aliphatic rings. The molecule has 0 aliphatic carbocycles. The molecule has 2 N–H and O–H groups in total. The summed E-state index contributed by atoms with van der Waals surface area (Å²) < 4.78 is 29.6. The number of carbonyl (C=O) groups is 1. The Morgan fingerprint density at radius 3 is 1.93 bits per heavy atom. The van der Waals surface area contributed by atoms with E-state index in [0.717, 1.165) is 0 Å². The molecule has 0 bridgehead atoms. The Morgan fingerprint density at radius 2 is 1.33 bits per heavy atom. The van der Waals surface area contributed by atoms with Crippen molar-refractivity contribution >= 4 is 39.1 Å². The summed E-state index contributed by atoms with van der Waals surface area (Å²) >= 11 is 5.76. The number of halogens is 1. The predicted octanol–water partition coefficient (Wildman–Crippen LogP) is 4.75. The highest BCUT2D eigenvalue weighted by atomic mass is 35.5. The molecule has 138 valence electrons. The largest absolute Gasteiger partial charge is 0.379 e. The van der Waals surface area contributed by atoms with Gasteiger partial charge in [-0.05, 0) is 60.7 Å². The van der Waals surface area contributed by atoms with E-state index in [1.807, 2.05) is 18.2 Å². The maximum absolute atomic E-state index is 12.2. The molecule has 6 nitrogen and oxygen atoms in total. The molecule has 0 saturated carbocycles. The van der Waals surface area contributed by atoms with Gasteiger partial charge < -0.3 is 14.8 Å². The number of hydrogen-bond acceptors (Lipinski definition) is 4. The van der Waals surface area contributed by atoms with Gasteiger partial charge in [-0.25, -0.2) is 4.79 Å². The summed E-state index contributed by atoms with van der Waals surface area (Å²) in [5.74, 6) is 0.124. The Kier molecular flexibility index (Phi) is 5.63. The second kappa shape index (κ2) is 8.11. The number of benzene rings is 3. The number of para-hydroxylation sites is 1. The lowest BCUT2D eigenvalue weighted by molar-refractivity contribution is 0.262. The third-order valence-electron chi connectivity index (χ3n) is 3.45. The monoisotopic (exact) mass is 402 g/mol. The van der Waals surface area contributed by atoms with E-state index in [-0.39, 0.29) is 10.6 Å². The zero-order valence-corrected chi connectivity index (χ0v) is 15.5. The second-order valence-corrected chi connectivity index (χ2v) is 7.44. The van der Waals surface area contributed by atoms with E-state index in [0.29, 0.717) is 16.4 Å². The molecule has 0 radical (unpaired) electrons. The number of amides is 2. The Morgan fingerprint density at radius 1 is 0.778 bits per heavy atom. The number of anilines is 2. The molecule has 3 aromatic carbocycles. The van der Waals surface area contributed by atoms with E-state index in [4.69, 9.17) is 15.8 Å². The maximum Gasteiger partial charge on any atom is 0.339 e. The first-order valence-corrected chi connectivity index (χ1v) is 9.64. The van der Waals surface area contributed by atoms with E-state index >= 15 is 0 Å². The van der Waals surface area contributed by atoms with Crippen LogP contribution in [0.2, 0.25) is 5.02 Å². The molecule has 3 rings (SSSR count). The zero-order valence-electron chi connectivity index (χ0n) is 13.9. The van der Waals surface area contributed by atoms with Crippen LogP contribution >= 0.6 is 11.6 Å². The normalized spacial score (nSPS) is 10.9. The number of hydrogen-bond donors (Lipinski definition) is 2. The molecule has 2 amide bonds. The SMILES string of the molecule is O=C(Nc1ccccc1)Nc1ccc(OS(=O)(=O)c2ccc(Cl)cc2)cc1. The lowest BCUT2D eigenvalue weighted by atomic mass is 10.3. The molecule has 0 atom stereocenters. The smallest absolute Gasteiger partial charge is 0.339 e. The standard InChI is InChI=1S/C19H15ClN2O4S/c20-14-6-12-18(13-7-14)27(24,25)26-17-10-8-16(9-11-17)22-19(23)21-15-4-2-1-3-5-15/h1-13H,(H2,21,22,23). The summed E-state index contributed by atoms with van der Waals surface area (Å²) in [6, 6.07) is 20.2. The lowest BCUT2D eigenvalue weighted by Gasteiger charge is -2.09. The molecule has 0 fully saturated rings. The van der Waals surface area contributed by atoms with Crippen LogP contribution in [-0.2, 0) is 10.1 Å². The predicted molar refractivity (Wildman–Crippen MR) is 105 cm³/mol. The summed E-state index contributed by atoms with van der Waals surface area (Å²) in [4.78, 5) is 11.9. The van der Waals surface area contributed by atoms with Crippen molar-refractivity contribution in [2.45, 2.75) is 4.90 Å². The van der Waals surface area contributed by atoms with Crippen molar-refractivity contribution in [3.63, 3.8) is 0 Å². The number of carbonyl (C=O) groups excluding carboxylic acids is 1. The lowest BCUT2D eigenvalue weighted by Crippen LogP contribution is -2.19. The molecule has 0 spiro atoms. The first-order chi connectivity index (χ1) is 12.9. The highest BCUT2D eigenvalue weighted by molar-refractivity contribution is 7.87. The minimum Gasteiger partial charge on any atom is -0.379 e. The van der Waals surface area contributed by atoms with Crippen molar-refractivity contribution < 1.29 is 17.4 Å². The summed E-state index contributed by atoms with van der Waals surface area (Å²) in [7, 11) is -3.97. The van der Waals surface area contributed by atoms with Gasteiger partial charge in [0.05, 0.1) is 0 Å². The zero-order chi connectivity index (χ0) is 19.3. The average Bonchev–Trinajstić information content (AvgIpc) is 2.64. The van der Waals surface area contributed by atoms with Crippen LogP contribution in [0.15, 0.2) is 83.8 Å². The van der Waals surface area contributed by atoms with Crippen molar-refractivity contribution in [3.8, 4) is 5.75 Å². The molecule has 0 aliphatic heterocycles. The van der Waals surface area contributed by atoms with Gasteiger partial charge in [-0.3, -0.25) is 0 Å². The fourth-order valence-electron chi connectivity index (χ4n) is 2.18. The van der Waals surface area contributed by atoms with E-state index < -0.39 is 16.1 Å². The first kappa shape index (κ1) is 18.8. The topological polar surface area (TPSA) is 84.5 Å². The molecule has 8 heteroatoms. The van der Waals surface area contributed by atoms with Crippen molar-refractivity contribution in [3.05, 3.63) is 83.9 Å². The highest BCUT2D eigenvalue weighted by Gasteiger charge is 2.16. The number of rotatable bonds is 5. The van der Waals surface area contributed by atoms with Crippen LogP contribution in [0.3, 0.4) is 0 Å². The van der Waals surface area contributed by atoms with E-state index in [1.54, 1.807) is 12.1 Å². The van der Waals surface area contributed by atoms with Gasteiger partial charge in [0.15, 0.2) is 0 Å². The fraction of sp³-hybridized carbons (Fsp3) is 0. The molecule has 0 aromatic heterocycles. The van der Waals surface area contributed by atoms with Crippen LogP contribution < -0.4 is 14.8 Å². The van der Waals surface area contributed by atoms with Crippen LogP contribution in [0.4, 0.5) is 16.2 Å². The van der Waals surface area contributed by atoms with Crippen molar-refractivity contribution in [2.75, 3.05) is 10.6 Å². The highest BCUT2D eigenvalue weighted by Crippen LogP contribution is 2.22. The third-order valence-corrected chi connectivity index (χ3v) is 4.97. The van der Waals surface area contributed by atoms with E-state index in [2.05, 4.69) is 10.6 Å². The summed E-state index contributed by atoms with van der Waals surface area (Å²) in [5, 5.41) is 5.76. The van der Waals surface area contributed by atoms with Gasteiger partial charge in [0.2, 0.25) is 0 Å². The Balaban J connectivity index is 1.63. The van der Waals surface area contributed by atoms with Gasteiger partial charge in [-0.15, -0.1) is 0 Å². The van der Waals surface area contributed by atoms with Crippen molar-refractivity contribution in [1.29, 1.82) is 0 Å². The van der Waals surface area contributed by atoms with E-state index in [9.17, 15) is 13.2 Å². The van der Waals surface area contributed by atoms with Crippen LogP contribution in [0.25, 0.3) is 0 Å². The molecule has 27 heavy (non-hydrogen) atoms. The van der Waals surface area contributed by atoms with Gasteiger partial charge in [0, 0.05) is 16.4 Å². The van der Waals surface area contributed by atoms with Crippen LogP contribution in [0, 0.1) is 0 Å². The quantitative estimate of drug-likeness (QED) is 0.603. The van der Waals surface area contributed by atoms with Gasteiger partial charge in [0.1, 0.15) is 10.6 Å². The minimum absolute atomic E-state index is 0.00339. The molecule has 0 heterocycles. The third kappa shape index (κ3) is 5.22. The number of nitrogens with one attached hydrogen (secondary N) is 2.